The minimum atomic E-state index is -0.575. The van der Waals surface area contributed by atoms with E-state index in [0.717, 1.165) is 0 Å². The molecule has 2 heterocycles. The number of carbonyl (C=O) groups excluding carboxylic acids is 3. The van der Waals surface area contributed by atoms with Crippen LogP contribution in [0.3, 0.4) is 0 Å². The topological polar surface area (TPSA) is 106 Å². The highest BCUT2D eigenvalue weighted by molar-refractivity contribution is 6.00. The Balaban J connectivity index is 1.47. The van der Waals surface area contributed by atoms with Gasteiger partial charge in [0.05, 0.1) is 5.92 Å². The summed E-state index contributed by atoms with van der Waals surface area (Å²) in [6, 6.07) is 5.32. The maximum atomic E-state index is 12.4. The van der Waals surface area contributed by atoms with Crippen molar-refractivity contribution in [3.63, 3.8) is 0 Å². The first kappa shape index (κ1) is 20.8. The largest absolute Gasteiger partial charge is 0.486 e. The van der Waals surface area contributed by atoms with Crippen LogP contribution in [-0.2, 0) is 14.3 Å². The van der Waals surface area contributed by atoms with E-state index in [4.69, 9.17) is 14.2 Å². The maximum absolute atomic E-state index is 12.4. The summed E-state index contributed by atoms with van der Waals surface area (Å²) >= 11 is 0. The van der Waals surface area contributed by atoms with E-state index in [1.807, 2.05) is 0 Å². The number of rotatable bonds is 5. The highest BCUT2D eigenvalue weighted by atomic mass is 16.6. The van der Waals surface area contributed by atoms with E-state index in [-0.39, 0.29) is 31.3 Å². The standard InChI is InChI=1S/C20H27N3O6/c1-20(2,3)29-19(26)22-7-6-21-18(25)13-10-17(24)23(12-13)14-4-5-15-16(11-14)28-9-8-27-15/h4-5,11,13H,6-10,12H2,1-3H3,(H,21,25)(H,22,26). The number of hydrogen-bond donors (Lipinski definition) is 2. The second-order valence-corrected chi connectivity index (χ2v) is 7.95. The zero-order valence-corrected chi connectivity index (χ0v) is 16.9. The molecule has 2 aliphatic heterocycles. The SMILES string of the molecule is CC(C)(C)OC(=O)NCCNC(=O)C1CC(=O)N(c2ccc3c(c2)OCCO3)C1. The van der Waals surface area contributed by atoms with Crippen LogP contribution in [-0.4, -0.2) is 56.4 Å². The number of amides is 3. The fraction of sp³-hybridized carbons (Fsp3) is 0.550. The van der Waals surface area contributed by atoms with Gasteiger partial charge < -0.3 is 29.7 Å². The molecule has 9 heteroatoms. The summed E-state index contributed by atoms with van der Waals surface area (Å²) in [5, 5.41) is 5.33. The average molecular weight is 405 g/mol. The van der Waals surface area contributed by atoms with Crippen LogP contribution in [0.25, 0.3) is 0 Å². The lowest BCUT2D eigenvalue weighted by atomic mass is 10.1. The molecule has 0 bridgehead atoms. The minimum absolute atomic E-state index is 0.117. The molecule has 1 saturated heterocycles. The fourth-order valence-corrected chi connectivity index (χ4v) is 3.14. The molecule has 1 fully saturated rings. The zero-order chi connectivity index (χ0) is 21.0. The molecule has 2 N–H and O–H groups in total. The van der Waals surface area contributed by atoms with Gasteiger partial charge >= 0.3 is 6.09 Å². The van der Waals surface area contributed by atoms with E-state index in [0.29, 0.717) is 36.9 Å². The van der Waals surface area contributed by atoms with E-state index in [1.165, 1.54) is 0 Å². The Morgan fingerprint density at radius 3 is 2.55 bits per heavy atom. The monoisotopic (exact) mass is 405 g/mol. The van der Waals surface area contributed by atoms with Crippen LogP contribution in [0.1, 0.15) is 27.2 Å². The van der Waals surface area contributed by atoms with Crippen molar-refractivity contribution in [3.05, 3.63) is 18.2 Å². The second-order valence-electron chi connectivity index (χ2n) is 7.95. The number of carbonyl (C=O) groups is 3. The van der Waals surface area contributed by atoms with Gasteiger partial charge in [0, 0.05) is 37.8 Å². The molecule has 0 radical (unpaired) electrons. The van der Waals surface area contributed by atoms with Gasteiger partial charge in [0.15, 0.2) is 11.5 Å². The van der Waals surface area contributed by atoms with Crippen LogP contribution < -0.4 is 25.0 Å². The number of nitrogens with one attached hydrogen (secondary N) is 2. The molecule has 1 unspecified atom stereocenters. The van der Waals surface area contributed by atoms with Crippen molar-refractivity contribution < 1.29 is 28.6 Å². The number of anilines is 1. The Morgan fingerprint density at radius 1 is 1.14 bits per heavy atom. The summed E-state index contributed by atoms with van der Waals surface area (Å²) < 4.78 is 16.2. The molecular weight excluding hydrogens is 378 g/mol. The lowest BCUT2D eigenvalue weighted by Gasteiger charge is -2.22. The van der Waals surface area contributed by atoms with Crippen LogP contribution in [0.4, 0.5) is 10.5 Å². The summed E-state index contributed by atoms with van der Waals surface area (Å²) in [7, 11) is 0. The molecule has 3 amide bonds. The summed E-state index contributed by atoms with van der Waals surface area (Å²) in [6.07, 6.45) is -0.396. The lowest BCUT2D eigenvalue weighted by Crippen LogP contribution is -2.40. The number of benzene rings is 1. The first-order chi connectivity index (χ1) is 13.7. The first-order valence-electron chi connectivity index (χ1n) is 9.67. The molecule has 0 aromatic heterocycles. The normalized spacial score (nSPS) is 18.4. The van der Waals surface area contributed by atoms with Gasteiger partial charge in [0.2, 0.25) is 11.8 Å². The number of alkyl carbamates (subject to hydrolysis) is 1. The van der Waals surface area contributed by atoms with E-state index >= 15 is 0 Å². The van der Waals surface area contributed by atoms with Crippen molar-refractivity contribution in [3.8, 4) is 11.5 Å². The van der Waals surface area contributed by atoms with Gasteiger partial charge in [-0.15, -0.1) is 0 Å². The van der Waals surface area contributed by atoms with Crippen molar-refractivity contribution in [1.29, 1.82) is 0 Å². The highest BCUT2D eigenvalue weighted by Crippen LogP contribution is 2.35. The van der Waals surface area contributed by atoms with Crippen LogP contribution >= 0.6 is 0 Å². The molecule has 9 nitrogen and oxygen atoms in total. The summed E-state index contributed by atoms with van der Waals surface area (Å²) in [5.74, 6) is 0.469. The van der Waals surface area contributed by atoms with Crippen molar-refractivity contribution in [2.24, 2.45) is 5.92 Å². The van der Waals surface area contributed by atoms with Gasteiger partial charge in [0.1, 0.15) is 18.8 Å². The van der Waals surface area contributed by atoms with Gasteiger partial charge in [0.25, 0.3) is 0 Å². The molecule has 29 heavy (non-hydrogen) atoms. The second kappa shape index (κ2) is 8.59. The fourth-order valence-electron chi connectivity index (χ4n) is 3.14. The molecule has 0 aliphatic carbocycles. The molecule has 0 spiro atoms. The molecule has 0 saturated carbocycles. The highest BCUT2D eigenvalue weighted by Gasteiger charge is 2.35. The third-order valence-electron chi connectivity index (χ3n) is 4.43. The van der Waals surface area contributed by atoms with Crippen molar-refractivity contribution in [2.75, 3.05) is 37.7 Å². The van der Waals surface area contributed by atoms with E-state index in [2.05, 4.69) is 10.6 Å². The number of nitrogens with zero attached hydrogens (tertiary/aromatic N) is 1. The Morgan fingerprint density at radius 2 is 1.83 bits per heavy atom. The van der Waals surface area contributed by atoms with Crippen molar-refractivity contribution in [2.45, 2.75) is 32.8 Å². The van der Waals surface area contributed by atoms with Gasteiger partial charge in [-0.25, -0.2) is 4.79 Å². The minimum Gasteiger partial charge on any atom is -0.486 e. The summed E-state index contributed by atoms with van der Waals surface area (Å²) in [5.41, 5.74) is 0.107. The molecule has 158 valence electrons. The van der Waals surface area contributed by atoms with Crippen LogP contribution in [0.2, 0.25) is 0 Å². The third-order valence-corrected chi connectivity index (χ3v) is 4.43. The first-order valence-corrected chi connectivity index (χ1v) is 9.67. The Hall–Kier alpha value is -2.97. The Labute approximate surface area is 169 Å². The Kier molecular flexibility index (Phi) is 6.14. The van der Waals surface area contributed by atoms with Gasteiger partial charge in [-0.05, 0) is 32.9 Å². The van der Waals surface area contributed by atoms with Crippen molar-refractivity contribution >= 4 is 23.6 Å². The van der Waals surface area contributed by atoms with Gasteiger partial charge in [-0.2, -0.15) is 0 Å². The summed E-state index contributed by atoms with van der Waals surface area (Å²) in [6.45, 7) is 7.09. The molecule has 2 aliphatic rings. The maximum Gasteiger partial charge on any atom is 0.407 e. The predicted molar refractivity (Wildman–Crippen MR) is 105 cm³/mol. The smallest absolute Gasteiger partial charge is 0.407 e. The lowest BCUT2D eigenvalue weighted by molar-refractivity contribution is -0.126. The predicted octanol–water partition coefficient (Wildman–Crippen LogP) is 1.45. The molecule has 1 atom stereocenters. The van der Waals surface area contributed by atoms with E-state index < -0.39 is 17.6 Å². The third kappa shape index (κ3) is 5.52. The molecular formula is C20H27N3O6. The van der Waals surface area contributed by atoms with Crippen molar-refractivity contribution in [1.82, 2.24) is 10.6 Å². The number of fused-ring (bicyclic) bond motifs is 1. The summed E-state index contributed by atoms with van der Waals surface area (Å²) in [4.78, 5) is 38.0. The molecule has 1 aromatic carbocycles. The van der Waals surface area contributed by atoms with E-state index in [1.54, 1.807) is 43.9 Å². The van der Waals surface area contributed by atoms with Crippen LogP contribution in [0, 0.1) is 5.92 Å². The number of hydrogen-bond acceptors (Lipinski definition) is 6. The van der Waals surface area contributed by atoms with E-state index in [9.17, 15) is 14.4 Å². The van der Waals surface area contributed by atoms with Gasteiger partial charge in [-0.1, -0.05) is 0 Å². The molecule has 3 rings (SSSR count). The average Bonchev–Trinajstić information content (AvgIpc) is 3.05. The van der Waals surface area contributed by atoms with Gasteiger partial charge in [-0.3, -0.25) is 9.59 Å². The number of ether oxygens (including phenoxy) is 3. The van der Waals surface area contributed by atoms with Crippen LogP contribution in [0.5, 0.6) is 11.5 Å². The quantitative estimate of drug-likeness (QED) is 0.719. The Bertz CT molecular complexity index is 789. The van der Waals surface area contributed by atoms with Crippen LogP contribution in [0.15, 0.2) is 18.2 Å². The zero-order valence-electron chi connectivity index (χ0n) is 16.9. The molecule has 1 aromatic rings.